The number of rotatable bonds is 2. The van der Waals surface area contributed by atoms with Gasteiger partial charge in [-0.3, -0.25) is 0 Å². The summed E-state index contributed by atoms with van der Waals surface area (Å²) in [4.78, 5) is 9.16. The lowest BCUT2D eigenvalue weighted by atomic mass is 10.2. The molecular formula is C12H13ClN2. The van der Waals surface area contributed by atoms with Crippen LogP contribution >= 0.6 is 11.6 Å². The predicted molar refractivity (Wildman–Crippen MR) is 63.3 cm³/mol. The summed E-state index contributed by atoms with van der Waals surface area (Å²) in [6, 6.07) is 5.63. The first kappa shape index (κ1) is 10.4. The highest BCUT2D eigenvalue weighted by Crippen LogP contribution is 2.18. The topological polar surface area (TPSA) is 25.8 Å². The van der Waals surface area contributed by atoms with Crippen LogP contribution in [0.3, 0.4) is 0 Å². The third kappa shape index (κ3) is 1.95. The fourth-order valence-corrected chi connectivity index (χ4v) is 1.83. The predicted octanol–water partition coefficient (Wildman–Crippen LogP) is 3.41. The van der Waals surface area contributed by atoms with Crippen molar-refractivity contribution in [1.82, 2.24) is 9.97 Å². The van der Waals surface area contributed by atoms with Crippen molar-refractivity contribution in [2.75, 3.05) is 0 Å². The Morgan fingerprint density at radius 2 is 1.60 bits per heavy atom. The average Bonchev–Trinajstić information content (AvgIpc) is 2.27. The van der Waals surface area contributed by atoms with Gasteiger partial charge in [0.1, 0.15) is 0 Å². The van der Waals surface area contributed by atoms with Gasteiger partial charge < -0.3 is 0 Å². The van der Waals surface area contributed by atoms with Crippen molar-refractivity contribution < 1.29 is 0 Å². The van der Waals surface area contributed by atoms with Gasteiger partial charge >= 0.3 is 0 Å². The zero-order valence-corrected chi connectivity index (χ0v) is 9.67. The molecule has 1 aromatic carbocycles. The Bertz CT molecular complexity index is 494. The molecule has 0 saturated carbocycles. The first-order valence-electron chi connectivity index (χ1n) is 5.19. The largest absolute Gasteiger partial charge is 0.249 e. The first-order chi connectivity index (χ1) is 7.24. The molecule has 78 valence electrons. The second-order valence-electron chi connectivity index (χ2n) is 3.46. The highest BCUT2D eigenvalue weighted by atomic mass is 35.5. The molecule has 2 nitrogen and oxygen atoms in total. The minimum absolute atomic E-state index is 0.711. The van der Waals surface area contributed by atoms with Gasteiger partial charge in [0, 0.05) is 5.02 Å². The fourth-order valence-electron chi connectivity index (χ4n) is 1.67. The fraction of sp³-hybridized carbons (Fsp3) is 0.333. The number of halogens is 1. The molecule has 2 aromatic rings. The van der Waals surface area contributed by atoms with Gasteiger partial charge in [0.25, 0.3) is 0 Å². The third-order valence-electron chi connectivity index (χ3n) is 2.45. The standard InChI is InChI=1S/C12H13ClN2/c1-3-9-10(4-2)15-12-7-8(13)5-6-11(12)14-9/h5-7H,3-4H2,1-2H3. The van der Waals surface area contributed by atoms with E-state index >= 15 is 0 Å². The summed E-state index contributed by atoms with van der Waals surface area (Å²) >= 11 is 5.92. The van der Waals surface area contributed by atoms with Crippen LogP contribution in [0.1, 0.15) is 25.2 Å². The van der Waals surface area contributed by atoms with Crippen molar-refractivity contribution in [1.29, 1.82) is 0 Å². The summed E-state index contributed by atoms with van der Waals surface area (Å²) < 4.78 is 0. The van der Waals surface area contributed by atoms with Crippen LogP contribution < -0.4 is 0 Å². The van der Waals surface area contributed by atoms with Crippen LogP contribution in [-0.2, 0) is 12.8 Å². The number of fused-ring (bicyclic) bond motifs is 1. The van der Waals surface area contributed by atoms with E-state index in [1.165, 1.54) is 0 Å². The zero-order chi connectivity index (χ0) is 10.8. The minimum Gasteiger partial charge on any atom is -0.249 e. The smallest absolute Gasteiger partial charge is 0.0905 e. The number of nitrogens with zero attached hydrogens (tertiary/aromatic N) is 2. The maximum atomic E-state index is 5.92. The second-order valence-corrected chi connectivity index (χ2v) is 3.89. The molecule has 0 fully saturated rings. The maximum absolute atomic E-state index is 5.92. The SMILES string of the molecule is CCc1nc2ccc(Cl)cc2nc1CC. The molecule has 0 spiro atoms. The van der Waals surface area contributed by atoms with Crippen molar-refractivity contribution >= 4 is 22.6 Å². The maximum Gasteiger partial charge on any atom is 0.0905 e. The van der Waals surface area contributed by atoms with E-state index in [0.717, 1.165) is 35.3 Å². The van der Waals surface area contributed by atoms with E-state index in [0.29, 0.717) is 5.02 Å². The monoisotopic (exact) mass is 220 g/mol. The Morgan fingerprint density at radius 3 is 2.20 bits per heavy atom. The van der Waals surface area contributed by atoms with Crippen LogP contribution in [0.2, 0.25) is 5.02 Å². The van der Waals surface area contributed by atoms with E-state index in [9.17, 15) is 0 Å². The summed E-state index contributed by atoms with van der Waals surface area (Å²) in [5.74, 6) is 0. The number of hydrogen-bond acceptors (Lipinski definition) is 2. The van der Waals surface area contributed by atoms with Gasteiger partial charge in [0.05, 0.1) is 22.4 Å². The third-order valence-corrected chi connectivity index (χ3v) is 2.69. The molecule has 0 amide bonds. The molecular weight excluding hydrogens is 208 g/mol. The summed E-state index contributed by atoms with van der Waals surface area (Å²) in [5.41, 5.74) is 3.98. The van der Waals surface area contributed by atoms with Crippen LogP contribution in [0.4, 0.5) is 0 Å². The Labute approximate surface area is 94.3 Å². The molecule has 3 heteroatoms. The summed E-state index contributed by atoms with van der Waals surface area (Å²) in [7, 11) is 0. The molecule has 0 aliphatic heterocycles. The van der Waals surface area contributed by atoms with Crippen molar-refractivity contribution in [3.05, 3.63) is 34.6 Å². The lowest BCUT2D eigenvalue weighted by Gasteiger charge is -2.06. The van der Waals surface area contributed by atoms with Gasteiger partial charge in [-0.2, -0.15) is 0 Å². The zero-order valence-electron chi connectivity index (χ0n) is 8.92. The molecule has 0 N–H and O–H groups in total. The molecule has 0 radical (unpaired) electrons. The molecule has 0 bridgehead atoms. The van der Waals surface area contributed by atoms with Crippen LogP contribution in [0.15, 0.2) is 18.2 Å². The van der Waals surface area contributed by atoms with Crippen LogP contribution in [0, 0.1) is 0 Å². The molecule has 0 saturated heterocycles. The molecule has 0 aliphatic carbocycles. The van der Waals surface area contributed by atoms with Crippen molar-refractivity contribution in [2.24, 2.45) is 0 Å². The normalized spacial score (nSPS) is 10.9. The van der Waals surface area contributed by atoms with Crippen molar-refractivity contribution in [2.45, 2.75) is 26.7 Å². The van der Waals surface area contributed by atoms with Gasteiger partial charge in [0.15, 0.2) is 0 Å². The average molecular weight is 221 g/mol. The molecule has 0 unspecified atom stereocenters. The number of aryl methyl sites for hydroxylation is 2. The van der Waals surface area contributed by atoms with Crippen molar-refractivity contribution in [3.63, 3.8) is 0 Å². The van der Waals surface area contributed by atoms with E-state index in [2.05, 4.69) is 23.8 Å². The summed E-state index contributed by atoms with van der Waals surface area (Å²) in [6.07, 6.45) is 1.84. The lowest BCUT2D eigenvalue weighted by Crippen LogP contribution is -2.00. The van der Waals surface area contributed by atoms with Crippen molar-refractivity contribution in [3.8, 4) is 0 Å². The number of benzene rings is 1. The molecule has 0 atom stereocenters. The van der Waals surface area contributed by atoms with E-state index in [-0.39, 0.29) is 0 Å². The Morgan fingerprint density at radius 1 is 1.00 bits per heavy atom. The summed E-state index contributed by atoms with van der Waals surface area (Å²) in [6.45, 7) is 4.20. The van der Waals surface area contributed by atoms with Gasteiger partial charge in [-0.05, 0) is 31.0 Å². The van der Waals surface area contributed by atoms with Gasteiger partial charge in [-0.25, -0.2) is 9.97 Å². The summed E-state index contributed by atoms with van der Waals surface area (Å²) in [5, 5.41) is 0.711. The Kier molecular flexibility index (Phi) is 2.87. The highest BCUT2D eigenvalue weighted by Gasteiger charge is 2.05. The van der Waals surface area contributed by atoms with Crippen LogP contribution in [0.5, 0.6) is 0 Å². The Hall–Kier alpha value is -1.15. The second kappa shape index (κ2) is 4.15. The Balaban J connectivity index is 2.69. The van der Waals surface area contributed by atoms with E-state index in [4.69, 9.17) is 11.6 Å². The van der Waals surface area contributed by atoms with Gasteiger partial charge in [0.2, 0.25) is 0 Å². The van der Waals surface area contributed by atoms with Crippen LogP contribution in [-0.4, -0.2) is 9.97 Å². The lowest BCUT2D eigenvalue weighted by molar-refractivity contribution is 0.930. The highest BCUT2D eigenvalue weighted by molar-refractivity contribution is 6.31. The van der Waals surface area contributed by atoms with Gasteiger partial charge in [-0.1, -0.05) is 25.4 Å². The molecule has 2 rings (SSSR count). The quantitative estimate of drug-likeness (QED) is 0.775. The van der Waals surface area contributed by atoms with E-state index in [1.54, 1.807) is 0 Å². The molecule has 1 aromatic heterocycles. The van der Waals surface area contributed by atoms with Crippen LogP contribution in [0.25, 0.3) is 11.0 Å². The van der Waals surface area contributed by atoms with E-state index < -0.39 is 0 Å². The number of aromatic nitrogens is 2. The van der Waals surface area contributed by atoms with Gasteiger partial charge in [-0.15, -0.1) is 0 Å². The molecule has 1 heterocycles. The molecule has 15 heavy (non-hydrogen) atoms. The first-order valence-corrected chi connectivity index (χ1v) is 5.57. The molecule has 0 aliphatic rings. The van der Waals surface area contributed by atoms with E-state index in [1.807, 2.05) is 18.2 Å². The minimum atomic E-state index is 0.711. The number of hydrogen-bond donors (Lipinski definition) is 0.